The van der Waals surface area contributed by atoms with E-state index in [-0.39, 0.29) is 0 Å². The molecule has 9 heavy (non-hydrogen) atoms. The zero-order valence-corrected chi connectivity index (χ0v) is 5.55. The van der Waals surface area contributed by atoms with Gasteiger partial charge in [-0.15, -0.1) is 0 Å². The predicted octanol–water partition coefficient (Wildman–Crippen LogP) is 1.24. The van der Waals surface area contributed by atoms with Crippen molar-refractivity contribution in [1.82, 2.24) is 0 Å². The van der Waals surface area contributed by atoms with E-state index in [9.17, 15) is 0 Å². The normalized spacial score (nSPS) is 8.67. The van der Waals surface area contributed by atoms with Gasteiger partial charge in [0, 0.05) is 6.42 Å². The molecule has 0 amide bonds. The van der Waals surface area contributed by atoms with E-state index in [1.54, 1.807) is 0 Å². The number of oxime groups is 1. The van der Waals surface area contributed by atoms with Gasteiger partial charge in [-0.25, -0.2) is 0 Å². The molecule has 0 atom stereocenters. The molecular weight excluding hydrogens is 114 g/mol. The van der Waals surface area contributed by atoms with Gasteiger partial charge in [-0.3, -0.25) is 0 Å². The molecule has 0 aliphatic rings. The fraction of sp³-hybridized carbons (Fsp3) is 0.429. The molecule has 1 radical (unpaired) electrons. The van der Waals surface area contributed by atoms with E-state index in [0.29, 0.717) is 0 Å². The zero-order valence-electron chi connectivity index (χ0n) is 5.55. The molecule has 0 aromatic rings. The van der Waals surface area contributed by atoms with Gasteiger partial charge >= 0.3 is 0 Å². The van der Waals surface area contributed by atoms with Crippen molar-refractivity contribution in [1.29, 1.82) is 0 Å². The van der Waals surface area contributed by atoms with Crippen LogP contribution in [0.2, 0.25) is 0 Å². The third-order valence-corrected chi connectivity index (χ3v) is 0.627. The van der Waals surface area contributed by atoms with Crippen LogP contribution in [0.25, 0.3) is 0 Å². The summed E-state index contributed by atoms with van der Waals surface area (Å²) in [5, 5.41) is 3.42. The topological polar surface area (TPSA) is 21.6 Å². The molecule has 0 heterocycles. The third kappa shape index (κ3) is 7.03. The van der Waals surface area contributed by atoms with Gasteiger partial charge in [-0.1, -0.05) is 23.9 Å². The molecule has 49 valence electrons. The highest BCUT2D eigenvalue weighted by atomic mass is 16.6. The largest absolute Gasteiger partial charge is 0.399 e. The van der Waals surface area contributed by atoms with Gasteiger partial charge in [-0.05, 0) is 6.42 Å². The van der Waals surface area contributed by atoms with Crippen LogP contribution >= 0.6 is 0 Å². The van der Waals surface area contributed by atoms with E-state index in [2.05, 4.69) is 28.8 Å². The molecule has 0 aliphatic heterocycles. The molecule has 0 saturated heterocycles. The molecule has 0 N–H and O–H groups in total. The van der Waals surface area contributed by atoms with Gasteiger partial charge in [-0.2, -0.15) is 0 Å². The Morgan fingerprint density at radius 3 is 3.11 bits per heavy atom. The Morgan fingerprint density at radius 2 is 2.56 bits per heavy atom. The van der Waals surface area contributed by atoms with Crippen molar-refractivity contribution in [2.75, 3.05) is 7.11 Å². The first-order chi connectivity index (χ1) is 4.41. The predicted molar refractivity (Wildman–Crippen MR) is 37.9 cm³/mol. The fourth-order valence-corrected chi connectivity index (χ4v) is 0.285. The van der Waals surface area contributed by atoms with Gasteiger partial charge in [0.1, 0.15) is 13.3 Å². The average Bonchev–Trinajstić information content (AvgIpc) is 1.89. The minimum Gasteiger partial charge on any atom is -0.399 e. The zero-order chi connectivity index (χ0) is 6.95. The molecular formula is C7H10NO. The molecule has 2 heteroatoms. The van der Waals surface area contributed by atoms with Crippen molar-refractivity contribution in [3.05, 3.63) is 6.92 Å². The van der Waals surface area contributed by atoms with Crippen LogP contribution in [0.15, 0.2) is 5.16 Å². The maximum atomic E-state index is 4.37. The summed E-state index contributed by atoms with van der Waals surface area (Å²) >= 11 is 0. The van der Waals surface area contributed by atoms with E-state index >= 15 is 0 Å². The maximum absolute atomic E-state index is 4.37. The average molecular weight is 124 g/mol. The van der Waals surface area contributed by atoms with Crippen molar-refractivity contribution < 1.29 is 4.84 Å². The van der Waals surface area contributed by atoms with Crippen molar-refractivity contribution in [3.8, 4) is 11.8 Å². The number of hydrogen-bond donors (Lipinski definition) is 0. The highest BCUT2D eigenvalue weighted by Crippen LogP contribution is 1.78. The monoisotopic (exact) mass is 124 g/mol. The first-order valence-electron chi connectivity index (χ1n) is 2.74. The van der Waals surface area contributed by atoms with Crippen LogP contribution in [-0.2, 0) is 4.84 Å². The van der Waals surface area contributed by atoms with Crippen LogP contribution in [0.5, 0.6) is 0 Å². The molecule has 0 rings (SSSR count). The summed E-state index contributed by atoms with van der Waals surface area (Å²) in [6, 6.07) is 0. The van der Waals surface area contributed by atoms with Gasteiger partial charge in [0.2, 0.25) is 0 Å². The summed E-state index contributed by atoms with van der Waals surface area (Å²) in [4.78, 5) is 4.37. The van der Waals surface area contributed by atoms with E-state index in [1.807, 2.05) is 0 Å². The summed E-state index contributed by atoms with van der Waals surface area (Å²) in [5.74, 6) is 5.51. The SMILES string of the molecule is [CH2]CCC#C/C=N\OC. The summed E-state index contributed by atoms with van der Waals surface area (Å²) in [6.07, 6.45) is 3.08. The fourth-order valence-electron chi connectivity index (χ4n) is 0.285. The molecule has 0 unspecified atom stereocenters. The van der Waals surface area contributed by atoms with Crippen molar-refractivity contribution >= 4 is 6.21 Å². The Kier molecular flexibility index (Phi) is 6.27. The lowest BCUT2D eigenvalue weighted by molar-refractivity contribution is 0.216. The summed E-state index contributed by atoms with van der Waals surface area (Å²) in [7, 11) is 1.49. The van der Waals surface area contributed by atoms with E-state index in [1.165, 1.54) is 13.3 Å². The molecule has 0 saturated carbocycles. The summed E-state index contributed by atoms with van der Waals surface area (Å²) < 4.78 is 0. The first kappa shape index (κ1) is 8.03. The number of unbranched alkanes of at least 4 members (excludes halogenated alkanes) is 1. The maximum Gasteiger partial charge on any atom is 0.116 e. The minimum absolute atomic E-state index is 0.815. The molecule has 0 aromatic carbocycles. The van der Waals surface area contributed by atoms with Crippen LogP contribution in [-0.4, -0.2) is 13.3 Å². The van der Waals surface area contributed by atoms with Crippen LogP contribution in [0, 0.1) is 18.8 Å². The summed E-state index contributed by atoms with van der Waals surface area (Å²) in [6.45, 7) is 3.63. The lowest BCUT2D eigenvalue weighted by Crippen LogP contribution is -1.69. The first-order valence-corrected chi connectivity index (χ1v) is 2.74. The van der Waals surface area contributed by atoms with E-state index < -0.39 is 0 Å². The Morgan fingerprint density at radius 1 is 1.78 bits per heavy atom. The molecule has 2 nitrogen and oxygen atoms in total. The molecule has 0 bridgehead atoms. The Labute approximate surface area is 55.9 Å². The lowest BCUT2D eigenvalue weighted by Gasteiger charge is -1.77. The highest BCUT2D eigenvalue weighted by molar-refractivity contribution is 5.77. The minimum atomic E-state index is 0.815. The van der Waals surface area contributed by atoms with Gasteiger partial charge in [0.25, 0.3) is 0 Å². The van der Waals surface area contributed by atoms with Crippen molar-refractivity contribution in [2.24, 2.45) is 5.16 Å². The standard InChI is InChI=1S/C7H10NO/c1-3-4-5-6-7-8-9-2/h7H,1,3-4H2,2H3/b8-7-. The Hall–Kier alpha value is -0.970. The molecule has 0 aromatic heterocycles. The van der Waals surface area contributed by atoms with Crippen LogP contribution < -0.4 is 0 Å². The van der Waals surface area contributed by atoms with Gasteiger partial charge in [0.15, 0.2) is 0 Å². The van der Waals surface area contributed by atoms with E-state index in [4.69, 9.17) is 0 Å². The Balaban J connectivity index is 3.25. The second-order valence-electron chi connectivity index (χ2n) is 1.34. The van der Waals surface area contributed by atoms with Gasteiger partial charge in [0.05, 0.1) is 0 Å². The third-order valence-electron chi connectivity index (χ3n) is 0.627. The quantitative estimate of drug-likeness (QED) is 0.308. The summed E-state index contributed by atoms with van der Waals surface area (Å²) in [5.41, 5.74) is 0. The second-order valence-corrected chi connectivity index (χ2v) is 1.34. The number of rotatable bonds is 2. The second kappa shape index (κ2) is 7.03. The van der Waals surface area contributed by atoms with Crippen LogP contribution in [0.3, 0.4) is 0 Å². The number of nitrogens with zero attached hydrogens (tertiary/aromatic N) is 1. The van der Waals surface area contributed by atoms with E-state index in [0.717, 1.165) is 12.8 Å². The van der Waals surface area contributed by atoms with Crippen molar-refractivity contribution in [3.63, 3.8) is 0 Å². The smallest absolute Gasteiger partial charge is 0.116 e. The highest BCUT2D eigenvalue weighted by Gasteiger charge is 1.66. The van der Waals surface area contributed by atoms with Crippen LogP contribution in [0.4, 0.5) is 0 Å². The molecule has 0 spiro atoms. The van der Waals surface area contributed by atoms with Gasteiger partial charge < -0.3 is 4.84 Å². The lowest BCUT2D eigenvalue weighted by atomic mass is 10.3. The van der Waals surface area contributed by atoms with Crippen molar-refractivity contribution in [2.45, 2.75) is 12.8 Å². The molecule has 0 aliphatic carbocycles. The Bertz CT molecular complexity index is 130. The van der Waals surface area contributed by atoms with Crippen LogP contribution in [0.1, 0.15) is 12.8 Å². The number of hydrogen-bond acceptors (Lipinski definition) is 2. The molecule has 0 fully saturated rings.